The van der Waals surface area contributed by atoms with Crippen LogP contribution in [0.5, 0.6) is 0 Å². The van der Waals surface area contributed by atoms with Crippen LogP contribution in [0.15, 0.2) is 46.5 Å². The summed E-state index contributed by atoms with van der Waals surface area (Å²) in [6, 6.07) is 7.91. The molecule has 0 aromatic heterocycles. The van der Waals surface area contributed by atoms with Gasteiger partial charge < -0.3 is 0 Å². The molecule has 0 spiro atoms. The van der Waals surface area contributed by atoms with Crippen LogP contribution in [-0.4, -0.2) is 23.9 Å². The first-order valence-electron chi connectivity index (χ1n) is 5.91. The summed E-state index contributed by atoms with van der Waals surface area (Å²) in [5.74, 6) is -0.318. The van der Waals surface area contributed by atoms with Gasteiger partial charge in [0.1, 0.15) is 6.04 Å². The molecule has 2 aliphatic heterocycles. The van der Waals surface area contributed by atoms with Crippen LogP contribution < -0.4 is 5.43 Å². The minimum absolute atomic E-state index is 0.0914. The number of rotatable bonds is 1. The Kier molecular flexibility index (Phi) is 2.55. The summed E-state index contributed by atoms with van der Waals surface area (Å²) in [4.78, 5) is 16.2. The number of dihydropyridines is 1. The molecule has 0 saturated heterocycles. The highest BCUT2D eigenvalue weighted by molar-refractivity contribution is 6.12. The highest BCUT2D eigenvalue weighted by Gasteiger charge is 2.30. The molecular weight excluding hydrogens is 226 g/mol. The number of aryl methyl sites for hydroxylation is 1. The number of hydrogen-bond donors (Lipinski definition) is 1. The SMILES string of the molecule is Cc1ccccc1C1=NC2C=NNC(=O)C2C=C1. The summed E-state index contributed by atoms with van der Waals surface area (Å²) in [5.41, 5.74) is 5.65. The average molecular weight is 239 g/mol. The van der Waals surface area contributed by atoms with Crippen molar-refractivity contribution in [3.8, 4) is 0 Å². The van der Waals surface area contributed by atoms with Crippen molar-refractivity contribution < 1.29 is 4.79 Å². The van der Waals surface area contributed by atoms with Crippen LogP contribution in [-0.2, 0) is 4.79 Å². The molecule has 1 aromatic carbocycles. The van der Waals surface area contributed by atoms with Crippen molar-refractivity contribution >= 4 is 17.8 Å². The van der Waals surface area contributed by atoms with E-state index in [2.05, 4.69) is 28.5 Å². The van der Waals surface area contributed by atoms with Gasteiger partial charge in [0, 0.05) is 5.56 Å². The highest BCUT2D eigenvalue weighted by atomic mass is 16.2. The van der Waals surface area contributed by atoms with Crippen LogP contribution >= 0.6 is 0 Å². The van der Waals surface area contributed by atoms with E-state index >= 15 is 0 Å². The lowest BCUT2D eigenvalue weighted by atomic mass is 9.92. The quantitative estimate of drug-likeness (QED) is 0.792. The number of nitrogens with zero attached hydrogens (tertiary/aromatic N) is 2. The summed E-state index contributed by atoms with van der Waals surface area (Å²) in [7, 11) is 0. The molecule has 2 atom stereocenters. The molecular formula is C14H13N3O. The summed E-state index contributed by atoms with van der Waals surface area (Å²) >= 11 is 0. The van der Waals surface area contributed by atoms with E-state index in [9.17, 15) is 4.79 Å². The van der Waals surface area contributed by atoms with Crippen molar-refractivity contribution in [1.29, 1.82) is 0 Å². The number of benzene rings is 1. The fraction of sp³-hybridized carbons (Fsp3) is 0.214. The predicted molar refractivity (Wildman–Crippen MR) is 70.8 cm³/mol. The topological polar surface area (TPSA) is 53.8 Å². The second-order valence-corrected chi connectivity index (χ2v) is 4.46. The number of hydrazone groups is 1. The van der Waals surface area contributed by atoms with Crippen LogP contribution in [0.1, 0.15) is 11.1 Å². The molecule has 2 aliphatic rings. The number of carbonyl (C=O) groups excluding carboxylic acids is 1. The minimum Gasteiger partial charge on any atom is -0.274 e. The third kappa shape index (κ3) is 1.76. The molecule has 90 valence electrons. The van der Waals surface area contributed by atoms with Gasteiger partial charge in [-0.05, 0) is 18.6 Å². The number of allylic oxidation sites excluding steroid dienone is 1. The Balaban J connectivity index is 1.99. The van der Waals surface area contributed by atoms with Crippen LogP contribution in [0.4, 0.5) is 0 Å². The molecule has 0 fully saturated rings. The molecule has 1 amide bonds. The van der Waals surface area contributed by atoms with E-state index in [-0.39, 0.29) is 17.9 Å². The molecule has 3 rings (SSSR count). The Morgan fingerprint density at radius 3 is 2.94 bits per heavy atom. The van der Waals surface area contributed by atoms with E-state index in [0.29, 0.717) is 0 Å². The third-order valence-corrected chi connectivity index (χ3v) is 3.24. The van der Waals surface area contributed by atoms with E-state index in [4.69, 9.17) is 0 Å². The maximum atomic E-state index is 11.6. The zero-order chi connectivity index (χ0) is 12.5. The maximum Gasteiger partial charge on any atom is 0.249 e. The zero-order valence-corrected chi connectivity index (χ0v) is 10.00. The van der Waals surface area contributed by atoms with Crippen molar-refractivity contribution in [3.63, 3.8) is 0 Å². The molecule has 0 radical (unpaired) electrons. The van der Waals surface area contributed by atoms with Gasteiger partial charge in [-0.1, -0.05) is 30.3 Å². The molecule has 0 saturated carbocycles. The normalized spacial score (nSPS) is 25.4. The number of nitrogens with one attached hydrogen (secondary N) is 1. The van der Waals surface area contributed by atoms with E-state index in [0.717, 1.165) is 11.3 Å². The van der Waals surface area contributed by atoms with Crippen LogP contribution in [0.2, 0.25) is 0 Å². The van der Waals surface area contributed by atoms with Gasteiger partial charge in [-0.2, -0.15) is 5.10 Å². The first-order valence-corrected chi connectivity index (χ1v) is 5.91. The lowest BCUT2D eigenvalue weighted by molar-refractivity contribution is -0.124. The second kappa shape index (κ2) is 4.22. The van der Waals surface area contributed by atoms with E-state index in [1.165, 1.54) is 5.56 Å². The van der Waals surface area contributed by atoms with Crippen LogP contribution in [0.3, 0.4) is 0 Å². The molecule has 2 unspecified atom stereocenters. The first-order chi connectivity index (χ1) is 8.75. The molecule has 4 heteroatoms. The van der Waals surface area contributed by atoms with Crippen molar-refractivity contribution in [2.75, 3.05) is 0 Å². The monoisotopic (exact) mass is 239 g/mol. The molecule has 4 nitrogen and oxygen atoms in total. The number of hydrogen-bond acceptors (Lipinski definition) is 3. The fourth-order valence-electron chi connectivity index (χ4n) is 2.23. The summed E-state index contributed by atoms with van der Waals surface area (Å²) in [6.45, 7) is 2.06. The highest BCUT2D eigenvalue weighted by Crippen LogP contribution is 2.20. The molecule has 1 aromatic rings. The number of amides is 1. The molecule has 0 bridgehead atoms. The van der Waals surface area contributed by atoms with Gasteiger partial charge in [-0.3, -0.25) is 9.79 Å². The summed E-state index contributed by atoms with van der Waals surface area (Å²) < 4.78 is 0. The number of carbonyl (C=O) groups is 1. The molecule has 2 heterocycles. The van der Waals surface area contributed by atoms with Gasteiger partial charge in [-0.25, -0.2) is 5.43 Å². The molecule has 1 N–H and O–H groups in total. The van der Waals surface area contributed by atoms with Crippen LogP contribution in [0.25, 0.3) is 0 Å². The lowest BCUT2D eigenvalue weighted by Crippen LogP contribution is -2.40. The predicted octanol–water partition coefficient (Wildman–Crippen LogP) is 1.45. The summed E-state index contributed by atoms with van der Waals surface area (Å²) in [6.07, 6.45) is 5.51. The van der Waals surface area contributed by atoms with Crippen molar-refractivity contribution in [2.45, 2.75) is 13.0 Å². The lowest BCUT2D eigenvalue weighted by Gasteiger charge is -2.24. The smallest absolute Gasteiger partial charge is 0.249 e. The van der Waals surface area contributed by atoms with Crippen molar-refractivity contribution in [1.82, 2.24) is 5.43 Å². The first kappa shape index (κ1) is 10.9. The van der Waals surface area contributed by atoms with Gasteiger partial charge in [0.15, 0.2) is 0 Å². The number of aliphatic imine (C=N–C) groups is 1. The standard InChI is InChI=1S/C14H13N3O/c1-9-4-2-3-5-10(9)12-7-6-11-13(16-12)8-15-17-14(11)18/h2-8,11,13H,1H3,(H,17,18). The van der Waals surface area contributed by atoms with Gasteiger partial charge >= 0.3 is 0 Å². The average Bonchev–Trinajstić information content (AvgIpc) is 2.39. The Hall–Kier alpha value is -2.23. The summed E-state index contributed by atoms with van der Waals surface area (Å²) in [5, 5.41) is 3.83. The molecule has 0 aliphatic carbocycles. The van der Waals surface area contributed by atoms with Gasteiger partial charge in [0.05, 0.1) is 17.8 Å². The Morgan fingerprint density at radius 1 is 1.28 bits per heavy atom. The molecule has 18 heavy (non-hydrogen) atoms. The van der Waals surface area contributed by atoms with E-state index in [1.807, 2.05) is 30.4 Å². The Labute approximate surface area is 105 Å². The van der Waals surface area contributed by atoms with Crippen LogP contribution in [0, 0.1) is 12.8 Å². The van der Waals surface area contributed by atoms with Gasteiger partial charge in [0.2, 0.25) is 5.91 Å². The minimum atomic E-state index is -0.227. The van der Waals surface area contributed by atoms with Crippen molar-refractivity contribution in [2.24, 2.45) is 16.0 Å². The third-order valence-electron chi connectivity index (χ3n) is 3.24. The van der Waals surface area contributed by atoms with E-state index < -0.39 is 0 Å². The second-order valence-electron chi connectivity index (χ2n) is 4.46. The van der Waals surface area contributed by atoms with Gasteiger partial charge in [0.25, 0.3) is 0 Å². The van der Waals surface area contributed by atoms with E-state index in [1.54, 1.807) is 6.21 Å². The largest absolute Gasteiger partial charge is 0.274 e. The maximum absolute atomic E-state index is 11.6. The number of fused-ring (bicyclic) bond motifs is 1. The Morgan fingerprint density at radius 2 is 2.11 bits per heavy atom. The van der Waals surface area contributed by atoms with Gasteiger partial charge in [-0.15, -0.1) is 0 Å². The zero-order valence-electron chi connectivity index (χ0n) is 10.00. The van der Waals surface area contributed by atoms with Crippen molar-refractivity contribution in [3.05, 3.63) is 47.5 Å². The Bertz CT molecular complexity index is 586. The fourth-order valence-corrected chi connectivity index (χ4v) is 2.23.